The summed E-state index contributed by atoms with van der Waals surface area (Å²) in [5, 5.41) is 35.9. The summed E-state index contributed by atoms with van der Waals surface area (Å²) in [7, 11) is -3.71. The van der Waals surface area contributed by atoms with E-state index in [2.05, 4.69) is 15.4 Å². The van der Waals surface area contributed by atoms with E-state index in [1.165, 1.54) is 6.07 Å². The monoisotopic (exact) mass is 561 g/mol. The van der Waals surface area contributed by atoms with Gasteiger partial charge in [0.2, 0.25) is 0 Å². The first-order valence-electron chi connectivity index (χ1n) is 13.0. The minimum atomic E-state index is -3.71. The fourth-order valence-electron chi connectivity index (χ4n) is 4.34. The van der Waals surface area contributed by atoms with E-state index in [9.17, 15) is 23.7 Å². The number of hydrogen-bond donors (Lipinski definition) is 6. The summed E-state index contributed by atoms with van der Waals surface area (Å²) in [6.45, 7) is 4.47. The van der Waals surface area contributed by atoms with Crippen molar-refractivity contribution in [1.82, 2.24) is 5.32 Å². The Morgan fingerprint density at radius 3 is 2.10 bits per heavy atom. The molecule has 6 N–H and O–H groups in total. The second-order valence-electron chi connectivity index (χ2n) is 9.73. The lowest BCUT2D eigenvalue weighted by atomic mass is 10.1. The quantitative estimate of drug-likeness (QED) is 0.136. The van der Waals surface area contributed by atoms with Crippen molar-refractivity contribution >= 4 is 27.1 Å². The second kappa shape index (κ2) is 13.0. The largest absolute Gasteiger partial charge is 0.508 e. The minimum Gasteiger partial charge on any atom is -0.508 e. The normalized spacial score (nSPS) is 12.2. The minimum absolute atomic E-state index is 0.00979. The Bertz CT molecular complexity index is 1520. The molecule has 4 rings (SSSR count). The van der Waals surface area contributed by atoms with E-state index in [1.807, 2.05) is 56.3 Å². The van der Waals surface area contributed by atoms with Gasteiger partial charge in [0, 0.05) is 23.5 Å². The maximum absolute atomic E-state index is 12.9. The highest BCUT2D eigenvalue weighted by atomic mass is 32.2. The second-order valence-corrected chi connectivity index (χ2v) is 11.4. The lowest BCUT2D eigenvalue weighted by Gasteiger charge is -2.14. The van der Waals surface area contributed by atoms with Crippen LogP contribution in [0.15, 0.2) is 89.8 Å². The molecule has 1 atom stereocenters. The predicted molar refractivity (Wildman–Crippen MR) is 158 cm³/mol. The summed E-state index contributed by atoms with van der Waals surface area (Å²) >= 11 is 0. The van der Waals surface area contributed by atoms with Crippen molar-refractivity contribution in [2.24, 2.45) is 0 Å². The molecule has 0 spiro atoms. The van der Waals surface area contributed by atoms with Crippen LogP contribution in [0.5, 0.6) is 5.75 Å². The van der Waals surface area contributed by atoms with E-state index in [4.69, 9.17) is 0 Å². The van der Waals surface area contributed by atoms with E-state index >= 15 is 0 Å². The zero-order chi connectivity index (χ0) is 28.7. The van der Waals surface area contributed by atoms with Crippen molar-refractivity contribution < 1.29 is 23.7 Å². The summed E-state index contributed by atoms with van der Waals surface area (Å²) < 4.78 is 28.5. The van der Waals surface area contributed by atoms with E-state index in [1.54, 1.807) is 36.4 Å². The Morgan fingerprint density at radius 1 is 0.850 bits per heavy atom. The Balaban J connectivity index is 1.27. The van der Waals surface area contributed by atoms with Crippen molar-refractivity contribution in [2.75, 3.05) is 23.1 Å². The van der Waals surface area contributed by atoms with Gasteiger partial charge in [0.15, 0.2) is 0 Å². The predicted octanol–water partition coefficient (Wildman–Crippen LogP) is 4.91. The molecule has 0 radical (unpaired) electrons. The molecular formula is C31H35N3O5S. The molecule has 8 nitrogen and oxygen atoms in total. The molecule has 1 unspecified atom stereocenters. The first-order valence-corrected chi connectivity index (χ1v) is 14.5. The van der Waals surface area contributed by atoms with Crippen LogP contribution in [0, 0.1) is 13.8 Å². The number of hydrogen-bond acceptors (Lipinski definition) is 7. The number of para-hydroxylation sites is 1. The molecule has 4 aromatic rings. The van der Waals surface area contributed by atoms with Gasteiger partial charge in [-0.1, -0.05) is 36.4 Å². The average Bonchev–Trinajstić information content (AvgIpc) is 2.94. The number of rotatable bonds is 12. The molecular weight excluding hydrogens is 526 g/mol. The number of nitrogens with one attached hydrogen (secondary N) is 3. The van der Waals surface area contributed by atoms with Crippen molar-refractivity contribution in [1.29, 1.82) is 0 Å². The maximum atomic E-state index is 12.9. The first kappa shape index (κ1) is 29.1. The van der Waals surface area contributed by atoms with Gasteiger partial charge in [-0.3, -0.25) is 4.72 Å². The Labute approximate surface area is 235 Å². The van der Waals surface area contributed by atoms with E-state index in [0.29, 0.717) is 29.9 Å². The van der Waals surface area contributed by atoms with Crippen LogP contribution >= 0.6 is 0 Å². The van der Waals surface area contributed by atoms with Crippen LogP contribution < -0.4 is 15.4 Å². The summed E-state index contributed by atoms with van der Waals surface area (Å²) in [6, 6.07) is 24.9. The number of phenols is 1. The van der Waals surface area contributed by atoms with Gasteiger partial charge in [0.05, 0.1) is 23.3 Å². The van der Waals surface area contributed by atoms with Crippen LogP contribution in [0.3, 0.4) is 0 Å². The van der Waals surface area contributed by atoms with E-state index in [-0.39, 0.29) is 17.3 Å². The highest BCUT2D eigenvalue weighted by molar-refractivity contribution is 7.92. The van der Waals surface area contributed by atoms with Gasteiger partial charge < -0.3 is 26.0 Å². The van der Waals surface area contributed by atoms with Crippen LogP contribution in [0.25, 0.3) is 0 Å². The number of aryl methyl sites for hydroxylation is 2. The van der Waals surface area contributed by atoms with E-state index < -0.39 is 16.1 Å². The third-order valence-corrected chi connectivity index (χ3v) is 8.08. The number of benzene rings is 4. The summed E-state index contributed by atoms with van der Waals surface area (Å²) in [5.74, 6) is 0.00979. The van der Waals surface area contributed by atoms with Crippen LogP contribution in [0.4, 0.5) is 17.1 Å². The zero-order valence-corrected chi connectivity index (χ0v) is 23.4. The van der Waals surface area contributed by atoms with Gasteiger partial charge in [-0.2, -0.15) is 0 Å². The van der Waals surface area contributed by atoms with Gasteiger partial charge in [0.25, 0.3) is 10.0 Å². The van der Waals surface area contributed by atoms with Gasteiger partial charge in [-0.05, 0) is 97.6 Å². The molecule has 0 saturated heterocycles. The molecule has 0 saturated carbocycles. The van der Waals surface area contributed by atoms with Gasteiger partial charge in [0.1, 0.15) is 5.75 Å². The van der Waals surface area contributed by atoms with Crippen molar-refractivity contribution in [2.45, 2.75) is 37.9 Å². The molecule has 0 amide bonds. The molecule has 40 heavy (non-hydrogen) atoms. The van der Waals surface area contributed by atoms with Crippen LogP contribution in [0.2, 0.25) is 0 Å². The van der Waals surface area contributed by atoms with Crippen molar-refractivity contribution in [3.8, 4) is 5.75 Å². The SMILES string of the molecule is Cc1cccc(C)c1NS(=O)(=O)c1ccc(Nc2ccc(CCNCC(O)c3ccc(O)c(CO)c3)cc2)cc1. The lowest BCUT2D eigenvalue weighted by Crippen LogP contribution is -2.23. The fraction of sp³-hybridized carbons (Fsp3) is 0.226. The standard InChI is InChI=1S/C31H35N3O5S/c1-21-4-3-5-22(2)31(21)34-40(38,39)28-13-11-27(12-14-28)33-26-9-6-23(7-10-26)16-17-32-19-30(37)24-8-15-29(36)25(18-24)20-35/h3-15,18,30,32-37H,16-17,19-20H2,1-2H3. The summed E-state index contributed by atoms with van der Waals surface area (Å²) in [4.78, 5) is 0.188. The molecule has 4 aromatic carbocycles. The number of aromatic hydroxyl groups is 1. The molecule has 0 aliphatic carbocycles. The topological polar surface area (TPSA) is 131 Å². The smallest absolute Gasteiger partial charge is 0.261 e. The molecule has 0 heterocycles. The Kier molecular flexibility index (Phi) is 9.44. The van der Waals surface area contributed by atoms with E-state index in [0.717, 1.165) is 34.5 Å². The molecule has 9 heteroatoms. The van der Waals surface area contributed by atoms with Crippen LogP contribution in [0.1, 0.15) is 33.9 Å². The molecule has 0 aromatic heterocycles. The average molecular weight is 562 g/mol. The highest BCUT2D eigenvalue weighted by Gasteiger charge is 2.16. The fourth-order valence-corrected chi connectivity index (χ4v) is 5.54. The molecule has 210 valence electrons. The molecule has 0 bridgehead atoms. The highest BCUT2D eigenvalue weighted by Crippen LogP contribution is 2.25. The van der Waals surface area contributed by atoms with Crippen LogP contribution in [-0.2, 0) is 23.1 Å². The lowest BCUT2D eigenvalue weighted by molar-refractivity contribution is 0.174. The maximum Gasteiger partial charge on any atom is 0.261 e. The zero-order valence-electron chi connectivity index (χ0n) is 22.6. The number of anilines is 3. The summed E-state index contributed by atoms with van der Waals surface area (Å²) in [6.07, 6.45) is 0.0194. The number of aliphatic hydroxyl groups excluding tert-OH is 2. The van der Waals surface area contributed by atoms with Crippen LogP contribution in [-0.4, -0.2) is 36.8 Å². The van der Waals surface area contributed by atoms with Crippen molar-refractivity contribution in [3.63, 3.8) is 0 Å². The number of aliphatic hydroxyl groups is 2. The van der Waals surface area contributed by atoms with Gasteiger partial charge >= 0.3 is 0 Å². The number of sulfonamides is 1. The third-order valence-electron chi connectivity index (χ3n) is 6.71. The third kappa shape index (κ3) is 7.40. The van der Waals surface area contributed by atoms with Gasteiger partial charge in [-0.25, -0.2) is 8.42 Å². The molecule has 0 fully saturated rings. The summed E-state index contributed by atoms with van der Waals surface area (Å²) in [5.41, 5.74) is 6.13. The van der Waals surface area contributed by atoms with Crippen molar-refractivity contribution in [3.05, 3.63) is 113 Å². The van der Waals surface area contributed by atoms with Gasteiger partial charge in [-0.15, -0.1) is 0 Å². The Hall–Kier alpha value is -3.89. The molecule has 0 aliphatic heterocycles. The first-order chi connectivity index (χ1) is 19.2. The Morgan fingerprint density at radius 2 is 1.48 bits per heavy atom. The molecule has 0 aliphatic rings.